The molecule has 0 radical (unpaired) electrons. The summed E-state index contributed by atoms with van der Waals surface area (Å²) in [5.41, 5.74) is 1.30. The highest BCUT2D eigenvalue weighted by atomic mass is 32.2. The van der Waals surface area contributed by atoms with E-state index in [0.29, 0.717) is 36.2 Å². The SMILES string of the molecule is CS(=O)(=O)Nc1cccc2c(O)c(CN3CCOCC3)ccc12. The van der Waals surface area contributed by atoms with Gasteiger partial charge in [-0.25, -0.2) is 8.42 Å². The molecule has 0 aliphatic carbocycles. The second-order valence-electron chi connectivity index (χ2n) is 5.74. The lowest BCUT2D eigenvalue weighted by molar-refractivity contribution is 0.0339. The van der Waals surface area contributed by atoms with Crippen LogP contribution in [0.3, 0.4) is 0 Å². The molecule has 0 bridgehead atoms. The van der Waals surface area contributed by atoms with Crippen molar-refractivity contribution >= 4 is 26.5 Å². The highest BCUT2D eigenvalue weighted by Gasteiger charge is 2.15. The van der Waals surface area contributed by atoms with Crippen molar-refractivity contribution in [3.05, 3.63) is 35.9 Å². The minimum atomic E-state index is -3.37. The Balaban J connectivity index is 1.95. The minimum absolute atomic E-state index is 0.200. The molecule has 0 unspecified atom stereocenters. The van der Waals surface area contributed by atoms with Gasteiger partial charge in [-0.3, -0.25) is 9.62 Å². The van der Waals surface area contributed by atoms with E-state index in [4.69, 9.17) is 4.74 Å². The van der Waals surface area contributed by atoms with Gasteiger partial charge < -0.3 is 9.84 Å². The number of sulfonamides is 1. The van der Waals surface area contributed by atoms with Crippen LogP contribution in [-0.2, 0) is 21.3 Å². The molecule has 6 nitrogen and oxygen atoms in total. The number of anilines is 1. The highest BCUT2D eigenvalue weighted by Crippen LogP contribution is 2.34. The Labute approximate surface area is 135 Å². The summed E-state index contributed by atoms with van der Waals surface area (Å²) in [6.07, 6.45) is 1.11. The lowest BCUT2D eigenvalue weighted by atomic mass is 10.0. The molecular weight excluding hydrogens is 316 g/mol. The van der Waals surface area contributed by atoms with Crippen LogP contribution in [0.2, 0.25) is 0 Å². The molecule has 0 spiro atoms. The number of hydrogen-bond donors (Lipinski definition) is 2. The third-order valence-corrected chi connectivity index (χ3v) is 4.50. The largest absolute Gasteiger partial charge is 0.507 e. The Morgan fingerprint density at radius 1 is 1.17 bits per heavy atom. The Morgan fingerprint density at radius 3 is 2.61 bits per heavy atom. The number of ether oxygens (including phenoxy) is 1. The van der Waals surface area contributed by atoms with E-state index in [2.05, 4.69) is 9.62 Å². The Bertz CT molecular complexity index is 814. The average molecular weight is 336 g/mol. The normalized spacial score (nSPS) is 16.6. The van der Waals surface area contributed by atoms with E-state index in [-0.39, 0.29) is 5.75 Å². The average Bonchev–Trinajstić information content (AvgIpc) is 2.50. The van der Waals surface area contributed by atoms with Crippen molar-refractivity contribution in [1.29, 1.82) is 0 Å². The van der Waals surface area contributed by atoms with E-state index in [0.717, 1.165) is 24.9 Å². The maximum atomic E-state index is 11.5. The number of benzene rings is 2. The van der Waals surface area contributed by atoms with Crippen LogP contribution in [0.4, 0.5) is 5.69 Å². The molecule has 1 saturated heterocycles. The van der Waals surface area contributed by atoms with Crippen LogP contribution in [0.15, 0.2) is 30.3 Å². The van der Waals surface area contributed by atoms with Crippen LogP contribution in [0.25, 0.3) is 10.8 Å². The quantitative estimate of drug-likeness (QED) is 0.889. The molecule has 124 valence electrons. The third kappa shape index (κ3) is 3.74. The molecule has 1 aliphatic rings. The summed E-state index contributed by atoms with van der Waals surface area (Å²) < 4.78 is 30.8. The molecule has 1 heterocycles. The predicted molar refractivity (Wildman–Crippen MR) is 90.2 cm³/mol. The Kier molecular flexibility index (Phi) is 4.43. The van der Waals surface area contributed by atoms with E-state index in [9.17, 15) is 13.5 Å². The zero-order chi connectivity index (χ0) is 16.4. The monoisotopic (exact) mass is 336 g/mol. The molecule has 7 heteroatoms. The smallest absolute Gasteiger partial charge is 0.229 e. The van der Waals surface area contributed by atoms with Gasteiger partial charge in [-0.05, 0) is 6.07 Å². The maximum Gasteiger partial charge on any atom is 0.229 e. The lowest BCUT2D eigenvalue weighted by Crippen LogP contribution is -2.35. The van der Waals surface area contributed by atoms with Crippen LogP contribution in [0, 0.1) is 0 Å². The summed E-state index contributed by atoms with van der Waals surface area (Å²) in [5, 5.41) is 11.9. The minimum Gasteiger partial charge on any atom is -0.507 e. The van der Waals surface area contributed by atoms with Crippen molar-refractivity contribution < 1.29 is 18.3 Å². The van der Waals surface area contributed by atoms with E-state index in [1.165, 1.54) is 0 Å². The van der Waals surface area contributed by atoms with Gasteiger partial charge in [0.05, 0.1) is 25.2 Å². The molecule has 23 heavy (non-hydrogen) atoms. The van der Waals surface area contributed by atoms with Gasteiger partial charge in [-0.15, -0.1) is 0 Å². The number of hydrogen-bond acceptors (Lipinski definition) is 5. The topological polar surface area (TPSA) is 78.9 Å². The zero-order valence-corrected chi connectivity index (χ0v) is 13.8. The second kappa shape index (κ2) is 6.35. The molecule has 2 aromatic carbocycles. The fourth-order valence-electron chi connectivity index (χ4n) is 2.80. The molecule has 3 rings (SSSR count). The number of morpholine rings is 1. The fraction of sp³-hybridized carbons (Fsp3) is 0.375. The van der Waals surface area contributed by atoms with Crippen molar-refractivity contribution in [1.82, 2.24) is 4.90 Å². The summed E-state index contributed by atoms with van der Waals surface area (Å²) in [4.78, 5) is 2.23. The second-order valence-corrected chi connectivity index (χ2v) is 7.49. The van der Waals surface area contributed by atoms with E-state index in [1.54, 1.807) is 18.2 Å². The number of nitrogens with zero attached hydrogens (tertiary/aromatic N) is 1. The van der Waals surface area contributed by atoms with Crippen molar-refractivity contribution in [2.45, 2.75) is 6.54 Å². The van der Waals surface area contributed by atoms with Gasteiger partial charge in [0.15, 0.2) is 0 Å². The summed E-state index contributed by atoms with van der Waals surface area (Å²) >= 11 is 0. The first-order valence-corrected chi connectivity index (χ1v) is 9.35. The third-order valence-electron chi connectivity index (χ3n) is 3.91. The molecule has 0 atom stereocenters. The van der Waals surface area contributed by atoms with E-state index < -0.39 is 10.0 Å². The summed E-state index contributed by atoms with van der Waals surface area (Å²) in [5.74, 6) is 0.200. The fourth-order valence-corrected chi connectivity index (χ4v) is 3.38. The van der Waals surface area contributed by atoms with Gasteiger partial charge in [0.2, 0.25) is 10.0 Å². The van der Waals surface area contributed by atoms with Crippen LogP contribution < -0.4 is 4.72 Å². The molecule has 1 aliphatic heterocycles. The van der Waals surface area contributed by atoms with E-state index in [1.807, 2.05) is 12.1 Å². The van der Waals surface area contributed by atoms with Crippen LogP contribution in [-0.4, -0.2) is 51.0 Å². The van der Waals surface area contributed by atoms with Crippen molar-refractivity contribution in [2.75, 3.05) is 37.3 Å². The number of fused-ring (bicyclic) bond motifs is 1. The molecule has 0 saturated carbocycles. The number of phenolic OH excluding ortho intramolecular Hbond substituents is 1. The predicted octanol–water partition coefficient (Wildman–Crippen LogP) is 1.75. The Morgan fingerprint density at radius 2 is 1.91 bits per heavy atom. The van der Waals surface area contributed by atoms with Gasteiger partial charge in [0.25, 0.3) is 0 Å². The first-order valence-electron chi connectivity index (χ1n) is 7.45. The van der Waals surface area contributed by atoms with Gasteiger partial charge in [0, 0.05) is 36.0 Å². The summed E-state index contributed by atoms with van der Waals surface area (Å²) in [6, 6.07) is 8.90. The van der Waals surface area contributed by atoms with Gasteiger partial charge >= 0.3 is 0 Å². The first-order chi connectivity index (χ1) is 10.9. The number of aromatic hydroxyl groups is 1. The number of rotatable bonds is 4. The van der Waals surface area contributed by atoms with Crippen LogP contribution in [0.5, 0.6) is 5.75 Å². The zero-order valence-electron chi connectivity index (χ0n) is 12.9. The van der Waals surface area contributed by atoms with Crippen LogP contribution in [0.1, 0.15) is 5.56 Å². The maximum absolute atomic E-state index is 11.5. The molecular formula is C16H20N2O4S. The van der Waals surface area contributed by atoms with Crippen molar-refractivity contribution in [3.63, 3.8) is 0 Å². The van der Waals surface area contributed by atoms with E-state index >= 15 is 0 Å². The van der Waals surface area contributed by atoms with Gasteiger partial charge in [0.1, 0.15) is 5.75 Å². The van der Waals surface area contributed by atoms with Crippen molar-refractivity contribution in [3.8, 4) is 5.75 Å². The molecule has 2 aromatic rings. The lowest BCUT2D eigenvalue weighted by Gasteiger charge is -2.27. The van der Waals surface area contributed by atoms with Gasteiger partial charge in [-0.2, -0.15) is 0 Å². The summed E-state index contributed by atoms with van der Waals surface area (Å²) in [6.45, 7) is 3.74. The molecule has 0 aromatic heterocycles. The first kappa shape index (κ1) is 16.0. The van der Waals surface area contributed by atoms with Crippen LogP contribution >= 0.6 is 0 Å². The molecule has 0 amide bonds. The van der Waals surface area contributed by atoms with Crippen molar-refractivity contribution in [2.24, 2.45) is 0 Å². The highest BCUT2D eigenvalue weighted by molar-refractivity contribution is 7.92. The molecule has 2 N–H and O–H groups in total. The Hall–Kier alpha value is -1.83. The molecule has 1 fully saturated rings. The standard InChI is InChI=1S/C16H20N2O4S/c1-23(20,21)17-15-4-2-3-14-13(15)6-5-12(16(14)19)11-18-7-9-22-10-8-18/h2-6,17,19H,7-11H2,1H3. The number of nitrogens with one attached hydrogen (secondary N) is 1. The van der Waals surface area contributed by atoms with Gasteiger partial charge in [-0.1, -0.05) is 24.3 Å². The summed E-state index contributed by atoms with van der Waals surface area (Å²) in [7, 11) is -3.37. The number of phenols is 1.